The van der Waals surface area contributed by atoms with Crippen molar-refractivity contribution in [3.63, 3.8) is 0 Å². The van der Waals surface area contributed by atoms with E-state index in [0.717, 1.165) is 0 Å². The second-order valence-corrected chi connectivity index (χ2v) is 4.57. The minimum absolute atomic E-state index is 0.490. The van der Waals surface area contributed by atoms with Crippen LogP contribution in [-0.4, -0.2) is 22.6 Å². The summed E-state index contributed by atoms with van der Waals surface area (Å²) >= 11 is 0. The van der Waals surface area contributed by atoms with Gasteiger partial charge in [-0.05, 0) is 46.6 Å². The van der Waals surface area contributed by atoms with Gasteiger partial charge in [0.25, 0.3) is 0 Å². The number of rotatable bonds is 3. The molecule has 3 heteroatoms. The maximum atomic E-state index is 4.53. The predicted octanol–water partition coefficient (Wildman–Crippen LogP) is 1.93. The standard InChI is InChI=1S/C12H21N3/c1-9(13-3)10(2)15-8-14-11-6-4-5-7-12(11)15/h8-10,13H,4-7H2,1-3H3. The molecule has 0 spiro atoms. The summed E-state index contributed by atoms with van der Waals surface area (Å²) in [5, 5.41) is 3.31. The van der Waals surface area contributed by atoms with Crippen molar-refractivity contribution in [2.24, 2.45) is 0 Å². The van der Waals surface area contributed by atoms with E-state index in [1.807, 2.05) is 13.4 Å². The lowest BCUT2D eigenvalue weighted by Crippen LogP contribution is -2.31. The number of hydrogen-bond acceptors (Lipinski definition) is 2. The third-order valence-corrected chi connectivity index (χ3v) is 3.68. The molecule has 0 aromatic carbocycles. The van der Waals surface area contributed by atoms with Crippen LogP contribution in [0.25, 0.3) is 0 Å². The van der Waals surface area contributed by atoms with Crippen molar-refractivity contribution < 1.29 is 0 Å². The molecule has 15 heavy (non-hydrogen) atoms. The molecule has 2 rings (SSSR count). The van der Waals surface area contributed by atoms with E-state index in [-0.39, 0.29) is 0 Å². The van der Waals surface area contributed by atoms with Crippen molar-refractivity contribution >= 4 is 0 Å². The van der Waals surface area contributed by atoms with Gasteiger partial charge in [-0.25, -0.2) is 4.98 Å². The Morgan fingerprint density at radius 3 is 2.80 bits per heavy atom. The molecule has 0 bridgehead atoms. The Labute approximate surface area is 91.9 Å². The minimum Gasteiger partial charge on any atom is -0.330 e. The first kappa shape index (κ1) is 10.7. The Morgan fingerprint density at radius 1 is 1.33 bits per heavy atom. The molecule has 84 valence electrons. The van der Waals surface area contributed by atoms with Crippen molar-refractivity contribution in [3.8, 4) is 0 Å². The highest BCUT2D eigenvalue weighted by Gasteiger charge is 2.20. The SMILES string of the molecule is CNC(C)C(C)n1cnc2c1CCCC2. The topological polar surface area (TPSA) is 29.9 Å². The van der Waals surface area contributed by atoms with Gasteiger partial charge < -0.3 is 9.88 Å². The van der Waals surface area contributed by atoms with Gasteiger partial charge in [-0.2, -0.15) is 0 Å². The molecule has 2 unspecified atom stereocenters. The fourth-order valence-corrected chi connectivity index (χ4v) is 2.33. The van der Waals surface area contributed by atoms with Crippen molar-refractivity contribution in [1.82, 2.24) is 14.9 Å². The van der Waals surface area contributed by atoms with E-state index in [4.69, 9.17) is 0 Å². The molecule has 1 heterocycles. The first-order chi connectivity index (χ1) is 7.24. The molecular weight excluding hydrogens is 186 g/mol. The summed E-state index contributed by atoms with van der Waals surface area (Å²) in [4.78, 5) is 4.53. The molecule has 1 N–H and O–H groups in total. The van der Waals surface area contributed by atoms with Crippen molar-refractivity contribution in [3.05, 3.63) is 17.7 Å². The van der Waals surface area contributed by atoms with Crippen LogP contribution in [0.2, 0.25) is 0 Å². The van der Waals surface area contributed by atoms with Gasteiger partial charge in [-0.15, -0.1) is 0 Å². The average Bonchev–Trinajstić information content (AvgIpc) is 2.70. The number of hydrogen-bond donors (Lipinski definition) is 1. The molecule has 1 aromatic rings. The molecule has 0 aliphatic heterocycles. The maximum Gasteiger partial charge on any atom is 0.0954 e. The van der Waals surface area contributed by atoms with Gasteiger partial charge in [0.1, 0.15) is 0 Å². The van der Waals surface area contributed by atoms with Crippen molar-refractivity contribution in [2.45, 2.75) is 51.6 Å². The number of aromatic nitrogens is 2. The molecule has 0 saturated carbocycles. The molecule has 2 atom stereocenters. The van der Waals surface area contributed by atoms with Crippen LogP contribution >= 0.6 is 0 Å². The number of likely N-dealkylation sites (N-methyl/N-ethyl adjacent to an activating group) is 1. The third kappa shape index (κ3) is 1.93. The van der Waals surface area contributed by atoms with E-state index in [1.165, 1.54) is 37.1 Å². The van der Waals surface area contributed by atoms with Gasteiger partial charge >= 0.3 is 0 Å². The molecule has 1 aromatic heterocycles. The molecule has 1 aliphatic rings. The van der Waals surface area contributed by atoms with Crippen LogP contribution in [0.4, 0.5) is 0 Å². The highest BCUT2D eigenvalue weighted by Crippen LogP contribution is 2.23. The third-order valence-electron chi connectivity index (χ3n) is 3.68. The van der Waals surface area contributed by atoms with E-state index in [2.05, 4.69) is 28.7 Å². The van der Waals surface area contributed by atoms with Crippen LogP contribution in [0.15, 0.2) is 6.33 Å². The summed E-state index contributed by atoms with van der Waals surface area (Å²) in [7, 11) is 2.02. The summed E-state index contributed by atoms with van der Waals surface area (Å²) in [6, 6.07) is 0.981. The lowest BCUT2D eigenvalue weighted by atomic mass is 10.0. The fraction of sp³-hybridized carbons (Fsp3) is 0.750. The lowest BCUT2D eigenvalue weighted by Gasteiger charge is -2.24. The van der Waals surface area contributed by atoms with Crippen LogP contribution < -0.4 is 5.32 Å². The fourth-order valence-electron chi connectivity index (χ4n) is 2.33. The molecule has 0 radical (unpaired) electrons. The van der Waals surface area contributed by atoms with Crippen molar-refractivity contribution in [1.29, 1.82) is 0 Å². The van der Waals surface area contributed by atoms with Gasteiger partial charge in [0.05, 0.1) is 12.0 Å². The zero-order valence-electron chi connectivity index (χ0n) is 9.95. The Morgan fingerprint density at radius 2 is 2.07 bits per heavy atom. The quantitative estimate of drug-likeness (QED) is 0.820. The summed E-state index contributed by atoms with van der Waals surface area (Å²) in [6.07, 6.45) is 7.02. The first-order valence-corrected chi connectivity index (χ1v) is 5.96. The first-order valence-electron chi connectivity index (χ1n) is 5.96. The van der Waals surface area contributed by atoms with E-state index in [9.17, 15) is 0 Å². The van der Waals surface area contributed by atoms with Crippen LogP contribution in [0.1, 0.15) is 44.1 Å². The van der Waals surface area contributed by atoms with E-state index in [0.29, 0.717) is 12.1 Å². The second-order valence-electron chi connectivity index (χ2n) is 4.57. The summed E-state index contributed by atoms with van der Waals surface area (Å²) < 4.78 is 2.36. The van der Waals surface area contributed by atoms with E-state index in [1.54, 1.807) is 0 Å². The predicted molar refractivity (Wildman–Crippen MR) is 62.1 cm³/mol. The Balaban J connectivity index is 2.24. The zero-order chi connectivity index (χ0) is 10.8. The summed E-state index contributed by atoms with van der Waals surface area (Å²) in [5.41, 5.74) is 2.80. The molecule has 3 nitrogen and oxygen atoms in total. The highest BCUT2D eigenvalue weighted by molar-refractivity contribution is 5.17. The largest absolute Gasteiger partial charge is 0.330 e. The van der Waals surface area contributed by atoms with Crippen LogP contribution in [0.5, 0.6) is 0 Å². The number of nitrogens with one attached hydrogen (secondary N) is 1. The van der Waals surface area contributed by atoms with Gasteiger partial charge in [-0.3, -0.25) is 0 Å². The summed E-state index contributed by atoms with van der Waals surface area (Å²) in [6.45, 7) is 4.48. The van der Waals surface area contributed by atoms with Gasteiger partial charge in [0, 0.05) is 17.8 Å². The molecule has 0 fully saturated rings. The number of aryl methyl sites for hydroxylation is 1. The molecule has 0 amide bonds. The zero-order valence-corrected chi connectivity index (χ0v) is 9.95. The van der Waals surface area contributed by atoms with Gasteiger partial charge in [0.2, 0.25) is 0 Å². The van der Waals surface area contributed by atoms with E-state index >= 15 is 0 Å². The Hall–Kier alpha value is -0.830. The Kier molecular flexibility index (Phi) is 3.10. The number of imidazole rings is 1. The number of fused-ring (bicyclic) bond motifs is 1. The van der Waals surface area contributed by atoms with Crippen LogP contribution in [0.3, 0.4) is 0 Å². The Bertz CT molecular complexity index is 330. The molecular formula is C12H21N3. The van der Waals surface area contributed by atoms with Gasteiger partial charge in [0.15, 0.2) is 0 Å². The normalized spacial score (nSPS) is 19.7. The second kappa shape index (κ2) is 4.35. The molecule has 1 aliphatic carbocycles. The monoisotopic (exact) mass is 207 g/mol. The van der Waals surface area contributed by atoms with Gasteiger partial charge in [-0.1, -0.05) is 0 Å². The van der Waals surface area contributed by atoms with E-state index < -0.39 is 0 Å². The van der Waals surface area contributed by atoms with Crippen LogP contribution in [0, 0.1) is 0 Å². The molecule has 0 saturated heterocycles. The lowest BCUT2D eigenvalue weighted by molar-refractivity contribution is 0.402. The highest BCUT2D eigenvalue weighted by atomic mass is 15.1. The smallest absolute Gasteiger partial charge is 0.0954 e. The van der Waals surface area contributed by atoms with Crippen molar-refractivity contribution in [2.75, 3.05) is 7.05 Å². The minimum atomic E-state index is 0.490. The maximum absolute atomic E-state index is 4.53. The summed E-state index contributed by atoms with van der Waals surface area (Å²) in [5.74, 6) is 0. The average molecular weight is 207 g/mol. The number of nitrogens with zero attached hydrogens (tertiary/aromatic N) is 2. The van der Waals surface area contributed by atoms with Crippen LogP contribution in [-0.2, 0) is 12.8 Å².